The smallest absolute Gasteiger partial charge is 0.0579 e. The molecule has 0 amide bonds. The lowest BCUT2D eigenvalue weighted by Crippen LogP contribution is -2.30. The molecule has 2 N–H and O–H groups in total. The molecule has 0 saturated carbocycles. The second-order valence-electron chi connectivity index (χ2n) is 4.29. The Kier molecular flexibility index (Phi) is 3.03. The fourth-order valence-electron chi connectivity index (χ4n) is 2.25. The number of aryl methyl sites for hydroxylation is 1. The second-order valence-corrected chi connectivity index (χ2v) is 4.29. The van der Waals surface area contributed by atoms with Crippen molar-refractivity contribution in [1.29, 1.82) is 0 Å². The van der Waals surface area contributed by atoms with Crippen molar-refractivity contribution in [2.75, 3.05) is 19.8 Å². The van der Waals surface area contributed by atoms with Crippen molar-refractivity contribution >= 4 is 0 Å². The summed E-state index contributed by atoms with van der Waals surface area (Å²) in [7, 11) is 0. The van der Waals surface area contributed by atoms with Crippen LogP contribution in [0.2, 0.25) is 0 Å². The number of pyridine rings is 1. The minimum atomic E-state index is 0.0702. The molecule has 1 aromatic heterocycles. The van der Waals surface area contributed by atoms with E-state index in [0.29, 0.717) is 6.54 Å². The summed E-state index contributed by atoms with van der Waals surface area (Å²) in [4.78, 5) is 4.61. The number of hydrogen-bond acceptors (Lipinski definition) is 3. The third-order valence-corrected chi connectivity index (χ3v) is 3.16. The summed E-state index contributed by atoms with van der Waals surface area (Å²) in [5.41, 5.74) is 7.97. The van der Waals surface area contributed by atoms with Gasteiger partial charge in [0.15, 0.2) is 0 Å². The highest BCUT2D eigenvalue weighted by atomic mass is 16.5. The number of hydrogen-bond donors (Lipinski definition) is 1. The Bertz CT molecular complexity index is 332. The van der Waals surface area contributed by atoms with Gasteiger partial charge in [-0.05, 0) is 38.4 Å². The van der Waals surface area contributed by atoms with E-state index in [-0.39, 0.29) is 5.41 Å². The molecule has 3 heteroatoms. The number of nitrogens with zero attached hydrogens (tertiary/aromatic N) is 1. The second kappa shape index (κ2) is 4.29. The molecular weight excluding hydrogens is 188 g/mol. The zero-order chi connectivity index (χ0) is 10.7. The van der Waals surface area contributed by atoms with Gasteiger partial charge in [-0.1, -0.05) is 6.07 Å². The third-order valence-electron chi connectivity index (χ3n) is 3.16. The van der Waals surface area contributed by atoms with Gasteiger partial charge in [-0.25, -0.2) is 0 Å². The molecule has 0 spiro atoms. The highest BCUT2D eigenvalue weighted by Crippen LogP contribution is 2.34. The van der Waals surface area contributed by atoms with E-state index < -0.39 is 0 Å². The van der Waals surface area contributed by atoms with E-state index in [2.05, 4.69) is 17.1 Å². The van der Waals surface area contributed by atoms with E-state index in [1.807, 2.05) is 13.0 Å². The maximum Gasteiger partial charge on any atom is 0.0579 e. The Morgan fingerprint density at radius 3 is 3.00 bits per heavy atom. The van der Waals surface area contributed by atoms with Crippen LogP contribution in [0, 0.1) is 6.92 Å². The van der Waals surface area contributed by atoms with Gasteiger partial charge in [-0.15, -0.1) is 0 Å². The average Bonchev–Trinajstić information content (AvgIpc) is 2.68. The summed E-state index contributed by atoms with van der Waals surface area (Å²) in [5, 5.41) is 0. The van der Waals surface area contributed by atoms with Crippen LogP contribution < -0.4 is 5.73 Å². The first-order valence-electron chi connectivity index (χ1n) is 5.49. The fraction of sp³-hybridized carbons (Fsp3) is 0.583. The van der Waals surface area contributed by atoms with Gasteiger partial charge in [-0.3, -0.25) is 4.98 Å². The summed E-state index contributed by atoms with van der Waals surface area (Å²) < 4.78 is 5.51. The molecule has 0 radical (unpaired) electrons. The van der Waals surface area contributed by atoms with E-state index in [1.165, 1.54) is 0 Å². The highest BCUT2D eigenvalue weighted by Gasteiger charge is 2.37. The number of aromatic nitrogens is 1. The Labute approximate surface area is 90.7 Å². The lowest BCUT2D eigenvalue weighted by molar-refractivity contribution is 0.174. The first-order valence-corrected chi connectivity index (χ1v) is 5.49. The molecule has 15 heavy (non-hydrogen) atoms. The van der Waals surface area contributed by atoms with Gasteiger partial charge in [0.05, 0.1) is 6.61 Å². The van der Waals surface area contributed by atoms with Crippen LogP contribution in [0.25, 0.3) is 0 Å². The normalized spacial score (nSPS) is 25.7. The molecule has 0 bridgehead atoms. The van der Waals surface area contributed by atoms with Crippen LogP contribution in [0.1, 0.15) is 24.2 Å². The first kappa shape index (κ1) is 10.6. The van der Waals surface area contributed by atoms with Gasteiger partial charge in [0.2, 0.25) is 0 Å². The number of nitrogens with two attached hydrogens (primary N) is 1. The predicted molar refractivity (Wildman–Crippen MR) is 59.8 cm³/mol. The third kappa shape index (κ3) is 2.03. The van der Waals surface area contributed by atoms with E-state index >= 15 is 0 Å². The van der Waals surface area contributed by atoms with Gasteiger partial charge in [0.25, 0.3) is 0 Å². The standard InChI is InChI=1S/C12H18N2O/c1-10-3-2-4-11(14-10)12(5-7-13)6-8-15-9-12/h2-4H,5-9,13H2,1H3. The van der Waals surface area contributed by atoms with Gasteiger partial charge >= 0.3 is 0 Å². The molecule has 1 aliphatic heterocycles. The van der Waals surface area contributed by atoms with Crippen molar-refractivity contribution in [3.8, 4) is 0 Å². The van der Waals surface area contributed by atoms with Crippen LogP contribution in [0.3, 0.4) is 0 Å². The van der Waals surface area contributed by atoms with Crippen molar-refractivity contribution in [3.05, 3.63) is 29.6 Å². The van der Waals surface area contributed by atoms with Crippen LogP contribution in [-0.2, 0) is 10.2 Å². The molecule has 1 aromatic rings. The minimum absolute atomic E-state index is 0.0702. The van der Waals surface area contributed by atoms with Crippen LogP contribution in [0.4, 0.5) is 0 Å². The largest absolute Gasteiger partial charge is 0.380 e. The molecule has 1 fully saturated rings. The van der Waals surface area contributed by atoms with Crippen LogP contribution in [0.15, 0.2) is 18.2 Å². The lowest BCUT2D eigenvalue weighted by Gasteiger charge is -2.26. The van der Waals surface area contributed by atoms with Crippen molar-refractivity contribution in [3.63, 3.8) is 0 Å². The summed E-state index contributed by atoms with van der Waals surface area (Å²) in [6.07, 6.45) is 2.00. The van der Waals surface area contributed by atoms with Gasteiger partial charge in [-0.2, -0.15) is 0 Å². The van der Waals surface area contributed by atoms with Crippen LogP contribution in [0.5, 0.6) is 0 Å². The van der Waals surface area contributed by atoms with E-state index in [4.69, 9.17) is 10.5 Å². The zero-order valence-corrected chi connectivity index (χ0v) is 9.20. The minimum Gasteiger partial charge on any atom is -0.380 e. The van der Waals surface area contributed by atoms with Crippen molar-refractivity contribution in [2.45, 2.75) is 25.2 Å². The predicted octanol–water partition coefficient (Wildman–Crippen LogP) is 1.40. The van der Waals surface area contributed by atoms with Gasteiger partial charge in [0, 0.05) is 23.4 Å². The topological polar surface area (TPSA) is 48.1 Å². The van der Waals surface area contributed by atoms with E-state index in [0.717, 1.165) is 37.4 Å². The SMILES string of the molecule is Cc1cccc(C2(CCN)CCOC2)n1. The van der Waals surface area contributed by atoms with Gasteiger partial charge < -0.3 is 10.5 Å². The van der Waals surface area contributed by atoms with Crippen LogP contribution >= 0.6 is 0 Å². The van der Waals surface area contributed by atoms with E-state index in [9.17, 15) is 0 Å². The summed E-state index contributed by atoms with van der Waals surface area (Å²) >= 11 is 0. The van der Waals surface area contributed by atoms with E-state index in [1.54, 1.807) is 0 Å². The summed E-state index contributed by atoms with van der Waals surface area (Å²) in [6.45, 7) is 4.31. The fourth-order valence-corrected chi connectivity index (χ4v) is 2.25. The summed E-state index contributed by atoms with van der Waals surface area (Å²) in [6, 6.07) is 6.18. The molecule has 0 aromatic carbocycles. The Morgan fingerprint density at radius 2 is 2.40 bits per heavy atom. The maximum absolute atomic E-state index is 5.69. The number of rotatable bonds is 3. The average molecular weight is 206 g/mol. The molecule has 82 valence electrons. The first-order chi connectivity index (χ1) is 7.27. The molecule has 3 nitrogen and oxygen atoms in total. The summed E-state index contributed by atoms with van der Waals surface area (Å²) in [5.74, 6) is 0. The maximum atomic E-state index is 5.69. The lowest BCUT2D eigenvalue weighted by atomic mass is 9.80. The quantitative estimate of drug-likeness (QED) is 0.813. The zero-order valence-electron chi connectivity index (χ0n) is 9.20. The molecular formula is C12H18N2O. The van der Waals surface area contributed by atoms with Crippen molar-refractivity contribution in [1.82, 2.24) is 4.98 Å². The van der Waals surface area contributed by atoms with Gasteiger partial charge in [0.1, 0.15) is 0 Å². The molecule has 1 atom stereocenters. The monoisotopic (exact) mass is 206 g/mol. The van der Waals surface area contributed by atoms with Crippen LogP contribution in [-0.4, -0.2) is 24.7 Å². The molecule has 1 saturated heterocycles. The molecule has 0 aliphatic carbocycles. The van der Waals surface area contributed by atoms with Crippen molar-refractivity contribution in [2.24, 2.45) is 5.73 Å². The Balaban J connectivity index is 2.31. The Morgan fingerprint density at radius 1 is 1.53 bits per heavy atom. The molecule has 2 heterocycles. The number of ether oxygens (including phenoxy) is 1. The molecule has 2 rings (SSSR count). The molecule has 1 unspecified atom stereocenters. The van der Waals surface area contributed by atoms with Crippen molar-refractivity contribution < 1.29 is 4.74 Å². The molecule has 1 aliphatic rings. The highest BCUT2D eigenvalue weighted by molar-refractivity contribution is 5.21. The Hall–Kier alpha value is -0.930.